The van der Waals surface area contributed by atoms with E-state index in [4.69, 9.17) is 4.74 Å². The summed E-state index contributed by atoms with van der Waals surface area (Å²) in [5, 5.41) is 18.9. The minimum Gasteiger partial charge on any atom is -0.495 e. The van der Waals surface area contributed by atoms with Crippen LogP contribution in [0.1, 0.15) is 11.4 Å². The van der Waals surface area contributed by atoms with Crippen molar-refractivity contribution < 1.29 is 9.66 Å². The molecule has 0 aliphatic carbocycles. The third-order valence-corrected chi connectivity index (χ3v) is 3.56. The fraction of sp³-hybridized carbons (Fsp3) is 0.188. The lowest BCUT2D eigenvalue weighted by Crippen LogP contribution is -2.10. The van der Waals surface area contributed by atoms with Crippen LogP contribution in [0.15, 0.2) is 36.7 Å². The van der Waals surface area contributed by atoms with Gasteiger partial charge in [0.2, 0.25) is 11.6 Å². The minimum absolute atomic E-state index is 0.0621. The summed E-state index contributed by atoms with van der Waals surface area (Å²) in [6.07, 6.45) is 1.26. The normalized spacial score (nSPS) is 10.5. The van der Waals surface area contributed by atoms with Crippen LogP contribution in [0.5, 0.6) is 5.75 Å². The molecule has 1 aromatic carbocycles. The van der Waals surface area contributed by atoms with Gasteiger partial charge in [-0.25, -0.2) is 14.6 Å². The van der Waals surface area contributed by atoms with Gasteiger partial charge in [0.15, 0.2) is 0 Å². The third kappa shape index (κ3) is 3.11. The molecule has 2 aromatic heterocycles. The van der Waals surface area contributed by atoms with E-state index in [1.165, 1.54) is 18.1 Å². The predicted molar refractivity (Wildman–Crippen MR) is 91.6 cm³/mol. The van der Waals surface area contributed by atoms with Crippen LogP contribution in [-0.4, -0.2) is 31.8 Å². The number of anilines is 2. The van der Waals surface area contributed by atoms with Crippen LogP contribution < -0.4 is 10.1 Å². The summed E-state index contributed by atoms with van der Waals surface area (Å²) in [6.45, 7) is 3.61. The Morgan fingerprint density at radius 1 is 1.24 bits per heavy atom. The molecule has 0 radical (unpaired) electrons. The smallest absolute Gasteiger partial charge is 0.355 e. The van der Waals surface area contributed by atoms with Crippen LogP contribution in [0, 0.1) is 24.0 Å². The molecule has 9 nitrogen and oxygen atoms in total. The molecule has 0 saturated heterocycles. The zero-order valence-electron chi connectivity index (χ0n) is 13.9. The maximum absolute atomic E-state index is 11.7. The Bertz CT molecular complexity index is 937. The highest BCUT2D eigenvalue weighted by Crippen LogP contribution is 2.33. The number of ether oxygens (including phenoxy) is 1. The minimum atomic E-state index is -0.524. The monoisotopic (exact) mass is 340 g/mol. The van der Waals surface area contributed by atoms with Crippen molar-refractivity contribution in [1.29, 1.82) is 0 Å². The molecule has 9 heteroatoms. The number of hydrogen-bond acceptors (Lipinski definition) is 7. The number of benzene rings is 1. The van der Waals surface area contributed by atoms with Gasteiger partial charge >= 0.3 is 5.69 Å². The van der Waals surface area contributed by atoms with E-state index < -0.39 is 4.92 Å². The van der Waals surface area contributed by atoms with Gasteiger partial charge in [0.1, 0.15) is 12.1 Å². The van der Waals surface area contributed by atoms with Gasteiger partial charge in [-0.2, -0.15) is 5.10 Å². The fourth-order valence-electron chi connectivity index (χ4n) is 2.50. The molecule has 3 rings (SSSR count). The zero-order chi connectivity index (χ0) is 18.0. The number of nitrogens with zero attached hydrogens (tertiary/aromatic N) is 5. The van der Waals surface area contributed by atoms with E-state index in [1.807, 2.05) is 13.0 Å². The Labute approximate surface area is 143 Å². The molecule has 1 N–H and O–H groups in total. The van der Waals surface area contributed by atoms with Crippen molar-refractivity contribution in [3.05, 3.63) is 58.2 Å². The van der Waals surface area contributed by atoms with Crippen molar-refractivity contribution in [2.24, 2.45) is 0 Å². The van der Waals surface area contributed by atoms with Crippen LogP contribution in [0.3, 0.4) is 0 Å². The number of para-hydroxylation sites is 2. The standard InChI is InChI=1S/C16H16N6O3/c1-10-8-11(2)21(20-10)16-14(22(23)24)15(17-9-18-16)19-12-6-4-5-7-13(12)25-3/h4-9H,1-3H3,(H,17,18,19). The van der Waals surface area contributed by atoms with Gasteiger partial charge in [-0.05, 0) is 32.0 Å². The van der Waals surface area contributed by atoms with E-state index in [1.54, 1.807) is 31.2 Å². The third-order valence-electron chi connectivity index (χ3n) is 3.56. The van der Waals surface area contributed by atoms with E-state index in [0.29, 0.717) is 11.4 Å². The van der Waals surface area contributed by atoms with Gasteiger partial charge in [-0.15, -0.1) is 0 Å². The number of nitrogens with one attached hydrogen (secondary N) is 1. The molecule has 0 unspecified atom stereocenters. The number of aryl methyl sites for hydroxylation is 2. The van der Waals surface area contributed by atoms with Crippen LogP contribution in [0.25, 0.3) is 5.82 Å². The van der Waals surface area contributed by atoms with Gasteiger partial charge in [0, 0.05) is 5.69 Å². The summed E-state index contributed by atoms with van der Waals surface area (Å²) in [5.41, 5.74) is 1.78. The lowest BCUT2D eigenvalue weighted by Gasteiger charge is -2.12. The van der Waals surface area contributed by atoms with Gasteiger partial charge in [-0.1, -0.05) is 12.1 Å². The Kier molecular flexibility index (Phi) is 4.29. The van der Waals surface area contributed by atoms with E-state index in [0.717, 1.165) is 11.4 Å². The Balaban J connectivity index is 2.13. The average molecular weight is 340 g/mol. The largest absolute Gasteiger partial charge is 0.495 e. The molecule has 2 heterocycles. The van der Waals surface area contributed by atoms with Crippen LogP contribution in [0.2, 0.25) is 0 Å². The Morgan fingerprint density at radius 2 is 2.00 bits per heavy atom. The van der Waals surface area contributed by atoms with Gasteiger partial charge in [-0.3, -0.25) is 10.1 Å². The summed E-state index contributed by atoms with van der Waals surface area (Å²) >= 11 is 0. The summed E-state index contributed by atoms with van der Waals surface area (Å²) in [7, 11) is 1.52. The maximum Gasteiger partial charge on any atom is 0.355 e. The summed E-state index contributed by atoms with van der Waals surface area (Å²) in [6, 6.07) is 8.91. The van der Waals surface area contributed by atoms with E-state index in [-0.39, 0.29) is 17.3 Å². The molecule has 0 spiro atoms. The van der Waals surface area contributed by atoms with Gasteiger partial charge in [0.05, 0.1) is 23.4 Å². The van der Waals surface area contributed by atoms with Crippen LogP contribution in [-0.2, 0) is 0 Å². The van der Waals surface area contributed by atoms with Crippen molar-refractivity contribution in [1.82, 2.24) is 19.7 Å². The second-order valence-corrected chi connectivity index (χ2v) is 5.32. The first-order valence-corrected chi connectivity index (χ1v) is 7.44. The zero-order valence-corrected chi connectivity index (χ0v) is 13.9. The SMILES string of the molecule is COc1ccccc1Nc1ncnc(-n2nc(C)cc2C)c1[N+](=O)[O-]. The summed E-state index contributed by atoms with van der Waals surface area (Å²) in [4.78, 5) is 19.3. The Hall–Kier alpha value is -3.49. The predicted octanol–water partition coefficient (Wildman–Crippen LogP) is 2.94. The maximum atomic E-state index is 11.7. The van der Waals surface area contributed by atoms with Crippen molar-refractivity contribution in [3.63, 3.8) is 0 Å². The average Bonchev–Trinajstić information content (AvgIpc) is 2.93. The second kappa shape index (κ2) is 6.56. The number of hydrogen-bond donors (Lipinski definition) is 1. The molecule has 0 atom stereocenters. The topological polar surface area (TPSA) is 108 Å². The highest BCUT2D eigenvalue weighted by atomic mass is 16.6. The number of rotatable bonds is 5. The first kappa shape index (κ1) is 16.4. The molecule has 3 aromatic rings. The molecule has 128 valence electrons. The van der Waals surface area contributed by atoms with Gasteiger partial charge in [0.25, 0.3) is 0 Å². The van der Waals surface area contributed by atoms with Gasteiger partial charge < -0.3 is 10.1 Å². The molecule has 0 bridgehead atoms. The first-order valence-electron chi connectivity index (χ1n) is 7.44. The molecule has 25 heavy (non-hydrogen) atoms. The first-order chi connectivity index (χ1) is 12.0. The second-order valence-electron chi connectivity index (χ2n) is 5.32. The van der Waals surface area contributed by atoms with Crippen molar-refractivity contribution in [3.8, 4) is 11.6 Å². The lowest BCUT2D eigenvalue weighted by atomic mass is 10.3. The molecule has 0 saturated carbocycles. The number of nitro groups is 1. The Morgan fingerprint density at radius 3 is 2.64 bits per heavy atom. The van der Waals surface area contributed by atoms with E-state index in [9.17, 15) is 10.1 Å². The summed E-state index contributed by atoms with van der Waals surface area (Å²) < 4.78 is 6.69. The van der Waals surface area contributed by atoms with Crippen molar-refractivity contribution >= 4 is 17.2 Å². The summed E-state index contributed by atoms with van der Waals surface area (Å²) in [5.74, 6) is 0.707. The van der Waals surface area contributed by atoms with Crippen LogP contribution >= 0.6 is 0 Å². The quantitative estimate of drug-likeness (QED) is 0.562. The van der Waals surface area contributed by atoms with E-state index in [2.05, 4.69) is 20.4 Å². The van der Waals surface area contributed by atoms with Crippen LogP contribution in [0.4, 0.5) is 17.2 Å². The van der Waals surface area contributed by atoms with E-state index >= 15 is 0 Å². The molecular formula is C16H16N6O3. The highest BCUT2D eigenvalue weighted by molar-refractivity contribution is 5.73. The highest BCUT2D eigenvalue weighted by Gasteiger charge is 2.26. The number of methoxy groups -OCH3 is 1. The number of aromatic nitrogens is 4. The fourth-order valence-corrected chi connectivity index (χ4v) is 2.50. The van der Waals surface area contributed by atoms with Crippen molar-refractivity contribution in [2.45, 2.75) is 13.8 Å². The van der Waals surface area contributed by atoms with Crippen molar-refractivity contribution in [2.75, 3.05) is 12.4 Å². The molecule has 0 fully saturated rings. The molecule has 0 amide bonds. The molecular weight excluding hydrogens is 324 g/mol. The molecule has 0 aliphatic heterocycles. The lowest BCUT2D eigenvalue weighted by molar-refractivity contribution is -0.384. The molecule has 0 aliphatic rings.